The van der Waals surface area contributed by atoms with E-state index < -0.39 is 0 Å². The number of hydrogen-bond acceptors (Lipinski definition) is 4. The number of hydrazone groups is 1. The first-order valence-electron chi connectivity index (χ1n) is 7.19. The lowest BCUT2D eigenvalue weighted by atomic mass is 10.2. The number of nitrogens with zero attached hydrogens (tertiary/aromatic N) is 1. The maximum absolute atomic E-state index is 11.7. The molecule has 0 aliphatic heterocycles. The zero-order valence-corrected chi connectivity index (χ0v) is 14.7. The van der Waals surface area contributed by atoms with Gasteiger partial charge in [0.2, 0.25) is 0 Å². The first kappa shape index (κ1) is 17.7. The average molecular weight is 389 g/mol. The van der Waals surface area contributed by atoms with E-state index in [1.165, 1.54) is 6.21 Å². The number of carbonyl (C=O) groups is 1. The number of ether oxygens (including phenoxy) is 2. The Kier molecular flexibility index (Phi) is 7.04. The van der Waals surface area contributed by atoms with Gasteiger partial charge < -0.3 is 9.47 Å². The van der Waals surface area contributed by atoms with Crippen molar-refractivity contribution in [2.75, 3.05) is 13.7 Å². The minimum atomic E-state index is -0.364. The third-order valence-corrected chi connectivity index (χ3v) is 3.34. The molecule has 24 heavy (non-hydrogen) atoms. The summed E-state index contributed by atoms with van der Waals surface area (Å²) in [5.41, 5.74) is 3.43. The highest BCUT2D eigenvalue weighted by atomic mass is 79.9. The summed E-state index contributed by atoms with van der Waals surface area (Å²) in [4.78, 5) is 11.7. The van der Waals surface area contributed by atoms with Crippen molar-refractivity contribution >= 4 is 34.1 Å². The molecular weight excluding hydrogens is 372 g/mol. The van der Waals surface area contributed by atoms with Crippen LogP contribution in [0.3, 0.4) is 0 Å². The smallest absolute Gasteiger partial charge is 0.277 e. The standard InChI is InChI=1S/C18H17BrN2O3/c1-23-16-9-5-6-10-17(16)24-13-18(22)21-20-12-15(19)11-14-7-3-2-4-8-14/h2-12H,13H2,1H3,(H,21,22)/b15-11-,20-12-. The normalized spacial score (nSPS) is 11.3. The van der Waals surface area contributed by atoms with Gasteiger partial charge in [-0.15, -0.1) is 0 Å². The van der Waals surface area contributed by atoms with Crippen LogP contribution in [0.2, 0.25) is 0 Å². The highest BCUT2D eigenvalue weighted by Gasteiger charge is 2.05. The van der Waals surface area contributed by atoms with Crippen LogP contribution in [0.5, 0.6) is 11.5 Å². The number of allylic oxidation sites excluding steroid dienone is 1. The van der Waals surface area contributed by atoms with Crippen molar-refractivity contribution in [3.05, 3.63) is 64.6 Å². The van der Waals surface area contributed by atoms with Gasteiger partial charge in [0.15, 0.2) is 18.1 Å². The first-order valence-corrected chi connectivity index (χ1v) is 7.98. The van der Waals surface area contributed by atoms with Gasteiger partial charge in [0, 0.05) is 4.48 Å². The summed E-state index contributed by atoms with van der Waals surface area (Å²) in [5.74, 6) is 0.712. The van der Waals surface area contributed by atoms with Crippen LogP contribution in [0.4, 0.5) is 0 Å². The Labute approximate surface area is 149 Å². The predicted octanol–water partition coefficient (Wildman–Crippen LogP) is 3.61. The van der Waals surface area contributed by atoms with Gasteiger partial charge in [-0.2, -0.15) is 5.10 Å². The summed E-state index contributed by atoms with van der Waals surface area (Å²) in [7, 11) is 1.54. The number of benzene rings is 2. The van der Waals surface area contributed by atoms with Crippen molar-refractivity contribution in [2.24, 2.45) is 5.10 Å². The molecule has 6 heteroatoms. The van der Waals surface area contributed by atoms with Crippen LogP contribution in [0.25, 0.3) is 6.08 Å². The van der Waals surface area contributed by atoms with E-state index in [1.54, 1.807) is 25.3 Å². The van der Waals surface area contributed by atoms with Crippen molar-refractivity contribution in [1.29, 1.82) is 0 Å². The molecule has 1 N–H and O–H groups in total. The summed E-state index contributed by atoms with van der Waals surface area (Å²) >= 11 is 3.37. The maximum Gasteiger partial charge on any atom is 0.277 e. The highest BCUT2D eigenvalue weighted by molar-refractivity contribution is 9.12. The zero-order valence-electron chi connectivity index (χ0n) is 13.1. The van der Waals surface area contributed by atoms with Gasteiger partial charge in [0.05, 0.1) is 13.3 Å². The maximum atomic E-state index is 11.7. The molecule has 1 amide bonds. The Bertz CT molecular complexity index is 730. The molecule has 124 valence electrons. The van der Waals surface area contributed by atoms with E-state index in [-0.39, 0.29) is 12.5 Å². The summed E-state index contributed by atoms with van der Waals surface area (Å²) in [6.07, 6.45) is 3.40. The first-order chi connectivity index (χ1) is 11.7. The number of hydrogen-bond donors (Lipinski definition) is 1. The fourth-order valence-electron chi connectivity index (χ4n) is 1.83. The van der Waals surface area contributed by atoms with E-state index in [9.17, 15) is 4.79 Å². The predicted molar refractivity (Wildman–Crippen MR) is 98.5 cm³/mol. The fraction of sp³-hybridized carbons (Fsp3) is 0.111. The van der Waals surface area contributed by atoms with Gasteiger partial charge in [0.1, 0.15) is 0 Å². The minimum absolute atomic E-state index is 0.155. The Morgan fingerprint density at radius 3 is 2.50 bits per heavy atom. The molecule has 0 radical (unpaired) electrons. The number of rotatable bonds is 7. The monoisotopic (exact) mass is 388 g/mol. The highest BCUT2D eigenvalue weighted by Crippen LogP contribution is 2.25. The van der Waals surface area contributed by atoms with Crippen molar-refractivity contribution in [3.63, 3.8) is 0 Å². The SMILES string of the molecule is COc1ccccc1OCC(=O)N/N=C\C(Br)=C\c1ccccc1. The molecule has 0 saturated carbocycles. The largest absolute Gasteiger partial charge is 0.493 e. The second kappa shape index (κ2) is 9.52. The number of carbonyl (C=O) groups excluding carboxylic acids is 1. The summed E-state index contributed by atoms with van der Waals surface area (Å²) in [6, 6.07) is 16.9. The lowest BCUT2D eigenvalue weighted by molar-refractivity contribution is -0.123. The Morgan fingerprint density at radius 2 is 1.79 bits per heavy atom. The molecular formula is C18H17BrN2O3. The Morgan fingerprint density at radius 1 is 1.12 bits per heavy atom. The number of methoxy groups -OCH3 is 1. The minimum Gasteiger partial charge on any atom is -0.493 e. The topological polar surface area (TPSA) is 59.9 Å². The van der Waals surface area contributed by atoms with Crippen LogP contribution in [0.15, 0.2) is 64.2 Å². The molecule has 0 unspecified atom stereocenters. The van der Waals surface area contributed by atoms with Gasteiger partial charge >= 0.3 is 0 Å². The molecule has 2 rings (SSSR count). The summed E-state index contributed by atoms with van der Waals surface area (Å²) < 4.78 is 11.3. The lowest BCUT2D eigenvalue weighted by Gasteiger charge is -2.09. The van der Waals surface area contributed by atoms with Crippen molar-refractivity contribution in [3.8, 4) is 11.5 Å². The number of amides is 1. The Hall–Kier alpha value is -2.60. The van der Waals surface area contributed by atoms with E-state index in [1.807, 2.05) is 42.5 Å². The molecule has 0 bridgehead atoms. The second-order valence-electron chi connectivity index (χ2n) is 4.67. The van der Waals surface area contributed by atoms with E-state index in [2.05, 4.69) is 26.5 Å². The van der Waals surface area contributed by atoms with E-state index >= 15 is 0 Å². The third kappa shape index (κ3) is 5.89. The van der Waals surface area contributed by atoms with Gasteiger partial charge in [-0.25, -0.2) is 5.43 Å². The fourth-order valence-corrected chi connectivity index (χ4v) is 2.19. The van der Waals surface area contributed by atoms with Crippen LogP contribution in [-0.2, 0) is 4.79 Å². The van der Waals surface area contributed by atoms with Crippen molar-refractivity contribution < 1.29 is 14.3 Å². The van der Waals surface area contributed by atoms with Crippen LogP contribution >= 0.6 is 15.9 Å². The number of para-hydroxylation sites is 2. The summed E-state index contributed by atoms with van der Waals surface area (Å²) in [6.45, 7) is -0.155. The Balaban J connectivity index is 1.81. The lowest BCUT2D eigenvalue weighted by Crippen LogP contribution is -2.24. The van der Waals surface area contributed by atoms with Crippen LogP contribution in [0, 0.1) is 0 Å². The number of nitrogens with one attached hydrogen (secondary N) is 1. The molecule has 0 saturated heterocycles. The second-order valence-corrected chi connectivity index (χ2v) is 5.59. The third-order valence-electron chi connectivity index (χ3n) is 2.91. The molecule has 0 aromatic heterocycles. The van der Waals surface area contributed by atoms with E-state index in [0.29, 0.717) is 11.5 Å². The van der Waals surface area contributed by atoms with Gasteiger partial charge in [-0.1, -0.05) is 42.5 Å². The molecule has 0 aliphatic carbocycles. The van der Waals surface area contributed by atoms with Crippen LogP contribution in [0.1, 0.15) is 5.56 Å². The van der Waals surface area contributed by atoms with Gasteiger partial charge in [-0.05, 0) is 39.7 Å². The molecule has 0 aliphatic rings. The van der Waals surface area contributed by atoms with Crippen molar-refractivity contribution in [2.45, 2.75) is 0 Å². The zero-order chi connectivity index (χ0) is 17.2. The summed E-state index contributed by atoms with van der Waals surface area (Å²) in [5, 5.41) is 3.87. The molecule has 0 heterocycles. The molecule has 5 nitrogen and oxygen atoms in total. The molecule has 2 aromatic rings. The number of halogens is 1. The van der Waals surface area contributed by atoms with Crippen LogP contribution < -0.4 is 14.9 Å². The average Bonchev–Trinajstić information content (AvgIpc) is 2.61. The van der Waals surface area contributed by atoms with Gasteiger partial charge in [0.25, 0.3) is 5.91 Å². The van der Waals surface area contributed by atoms with E-state index in [0.717, 1.165) is 10.0 Å². The van der Waals surface area contributed by atoms with Crippen molar-refractivity contribution in [1.82, 2.24) is 5.43 Å². The molecule has 0 fully saturated rings. The molecule has 2 aromatic carbocycles. The molecule has 0 spiro atoms. The van der Waals surface area contributed by atoms with Gasteiger partial charge in [-0.3, -0.25) is 4.79 Å². The quantitative estimate of drug-likeness (QED) is 0.582. The van der Waals surface area contributed by atoms with Crippen LogP contribution in [-0.4, -0.2) is 25.8 Å². The van der Waals surface area contributed by atoms with E-state index in [4.69, 9.17) is 9.47 Å². The molecule has 0 atom stereocenters.